The Morgan fingerprint density at radius 1 is 1.21 bits per heavy atom. The molecule has 0 bridgehead atoms. The summed E-state index contributed by atoms with van der Waals surface area (Å²) in [7, 11) is 0. The molecule has 1 rings (SSSR count). The first kappa shape index (κ1) is 15.7. The van der Waals surface area contributed by atoms with E-state index in [9.17, 15) is 9.90 Å². The van der Waals surface area contributed by atoms with Crippen LogP contribution in [0.4, 0.5) is 0 Å². The topological polar surface area (TPSA) is 49.3 Å². The molecule has 3 nitrogen and oxygen atoms in total. The number of aliphatic hydroxyl groups excluding tert-OH is 1. The van der Waals surface area contributed by atoms with Crippen molar-refractivity contribution in [2.45, 2.75) is 45.6 Å². The van der Waals surface area contributed by atoms with Crippen LogP contribution in [0, 0.1) is 5.92 Å². The minimum atomic E-state index is -0.463. The summed E-state index contributed by atoms with van der Waals surface area (Å²) in [6.07, 6.45) is 0.865. The Labute approximate surface area is 116 Å². The quantitative estimate of drug-likeness (QED) is 0.794. The highest BCUT2D eigenvalue weighted by atomic mass is 16.3. The van der Waals surface area contributed by atoms with Gasteiger partial charge in [-0.3, -0.25) is 4.79 Å². The number of rotatable bonds is 7. The van der Waals surface area contributed by atoms with Crippen molar-refractivity contribution in [3.63, 3.8) is 0 Å². The molecular formula is C16H25NO2. The highest BCUT2D eigenvalue weighted by Crippen LogP contribution is 2.19. The number of nitrogens with one attached hydrogen (secondary N) is 1. The SMILES string of the molecule is CC(CCC(=O)NCC(O)C(C)C)c1ccccc1. The third-order valence-electron chi connectivity index (χ3n) is 3.45. The smallest absolute Gasteiger partial charge is 0.220 e. The Kier molecular flexibility index (Phi) is 6.57. The maximum absolute atomic E-state index is 11.7. The monoisotopic (exact) mass is 263 g/mol. The Hall–Kier alpha value is -1.35. The fourth-order valence-electron chi connectivity index (χ4n) is 1.84. The van der Waals surface area contributed by atoms with Crippen LogP contribution in [0.2, 0.25) is 0 Å². The number of hydrogen-bond donors (Lipinski definition) is 2. The van der Waals surface area contributed by atoms with E-state index in [2.05, 4.69) is 24.4 Å². The lowest BCUT2D eigenvalue weighted by atomic mass is 9.96. The van der Waals surface area contributed by atoms with Crippen molar-refractivity contribution in [1.29, 1.82) is 0 Å². The molecule has 1 aromatic carbocycles. The molecule has 0 aliphatic heterocycles. The second kappa shape index (κ2) is 7.95. The average molecular weight is 263 g/mol. The molecular weight excluding hydrogens is 238 g/mol. The van der Waals surface area contributed by atoms with Crippen LogP contribution in [0.15, 0.2) is 30.3 Å². The van der Waals surface area contributed by atoms with Crippen LogP contribution in [0.25, 0.3) is 0 Å². The normalized spacial score (nSPS) is 14.2. The van der Waals surface area contributed by atoms with E-state index in [1.165, 1.54) is 5.56 Å². The van der Waals surface area contributed by atoms with E-state index in [0.717, 1.165) is 6.42 Å². The Morgan fingerprint density at radius 2 is 1.84 bits per heavy atom. The van der Waals surface area contributed by atoms with E-state index in [1.54, 1.807) is 0 Å². The van der Waals surface area contributed by atoms with Gasteiger partial charge in [-0.15, -0.1) is 0 Å². The predicted molar refractivity (Wildman–Crippen MR) is 77.9 cm³/mol. The summed E-state index contributed by atoms with van der Waals surface area (Å²) in [5.74, 6) is 0.563. The lowest BCUT2D eigenvalue weighted by Gasteiger charge is -2.16. The molecule has 1 aromatic rings. The molecule has 106 valence electrons. The third-order valence-corrected chi connectivity index (χ3v) is 3.45. The van der Waals surface area contributed by atoms with Crippen molar-refractivity contribution in [1.82, 2.24) is 5.32 Å². The zero-order chi connectivity index (χ0) is 14.3. The van der Waals surface area contributed by atoms with E-state index < -0.39 is 6.10 Å². The molecule has 19 heavy (non-hydrogen) atoms. The van der Waals surface area contributed by atoms with Gasteiger partial charge in [0.15, 0.2) is 0 Å². The van der Waals surface area contributed by atoms with Gasteiger partial charge in [0.1, 0.15) is 0 Å². The second-order valence-corrected chi connectivity index (χ2v) is 5.47. The van der Waals surface area contributed by atoms with Gasteiger partial charge in [-0.25, -0.2) is 0 Å². The van der Waals surface area contributed by atoms with E-state index in [4.69, 9.17) is 0 Å². The summed E-state index contributed by atoms with van der Waals surface area (Å²) < 4.78 is 0. The van der Waals surface area contributed by atoms with Gasteiger partial charge in [0.25, 0.3) is 0 Å². The molecule has 0 fully saturated rings. The maximum atomic E-state index is 11.7. The first-order chi connectivity index (χ1) is 9.00. The van der Waals surface area contributed by atoms with Crippen molar-refractivity contribution >= 4 is 5.91 Å². The Balaban J connectivity index is 2.27. The summed E-state index contributed by atoms with van der Waals surface area (Å²) in [6.45, 7) is 6.35. The van der Waals surface area contributed by atoms with E-state index in [-0.39, 0.29) is 11.8 Å². The molecule has 0 spiro atoms. The van der Waals surface area contributed by atoms with Gasteiger partial charge in [0.2, 0.25) is 5.91 Å². The van der Waals surface area contributed by atoms with Gasteiger partial charge in [-0.2, -0.15) is 0 Å². The van der Waals surface area contributed by atoms with Gasteiger partial charge in [-0.05, 0) is 23.8 Å². The van der Waals surface area contributed by atoms with Crippen LogP contribution in [-0.4, -0.2) is 23.7 Å². The van der Waals surface area contributed by atoms with Gasteiger partial charge >= 0.3 is 0 Å². The van der Waals surface area contributed by atoms with E-state index >= 15 is 0 Å². The van der Waals surface area contributed by atoms with Crippen molar-refractivity contribution < 1.29 is 9.90 Å². The minimum Gasteiger partial charge on any atom is -0.391 e. The highest BCUT2D eigenvalue weighted by Gasteiger charge is 2.12. The average Bonchev–Trinajstić information content (AvgIpc) is 2.42. The Morgan fingerprint density at radius 3 is 2.42 bits per heavy atom. The van der Waals surface area contributed by atoms with E-state index in [1.807, 2.05) is 32.0 Å². The zero-order valence-corrected chi connectivity index (χ0v) is 12.1. The number of amides is 1. The minimum absolute atomic E-state index is 0.0162. The number of aliphatic hydroxyl groups is 1. The molecule has 3 heteroatoms. The standard InChI is InChI=1S/C16H25NO2/c1-12(2)15(18)11-17-16(19)10-9-13(3)14-7-5-4-6-8-14/h4-8,12-13,15,18H,9-11H2,1-3H3,(H,17,19). The van der Waals surface area contributed by atoms with Crippen LogP contribution in [0.3, 0.4) is 0 Å². The first-order valence-corrected chi connectivity index (χ1v) is 7.00. The molecule has 2 unspecified atom stereocenters. The van der Waals surface area contributed by atoms with E-state index in [0.29, 0.717) is 18.9 Å². The summed E-state index contributed by atoms with van der Waals surface area (Å²) in [4.78, 5) is 11.7. The zero-order valence-electron chi connectivity index (χ0n) is 12.1. The molecule has 0 aliphatic rings. The van der Waals surface area contributed by atoms with Crippen molar-refractivity contribution in [3.8, 4) is 0 Å². The van der Waals surface area contributed by atoms with Gasteiger partial charge in [-0.1, -0.05) is 51.1 Å². The van der Waals surface area contributed by atoms with Crippen LogP contribution >= 0.6 is 0 Å². The molecule has 0 saturated heterocycles. The molecule has 1 amide bonds. The highest BCUT2D eigenvalue weighted by molar-refractivity contribution is 5.75. The maximum Gasteiger partial charge on any atom is 0.220 e. The third kappa shape index (κ3) is 5.88. The lowest BCUT2D eigenvalue weighted by Crippen LogP contribution is -2.34. The largest absolute Gasteiger partial charge is 0.391 e. The number of hydrogen-bond acceptors (Lipinski definition) is 2. The fourth-order valence-corrected chi connectivity index (χ4v) is 1.84. The van der Waals surface area contributed by atoms with Crippen molar-refractivity contribution in [2.75, 3.05) is 6.54 Å². The van der Waals surface area contributed by atoms with Crippen LogP contribution in [-0.2, 0) is 4.79 Å². The molecule has 0 saturated carbocycles. The summed E-state index contributed by atoms with van der Waals surface area (Å²) in [5.41, 5.74) is 1.26. The number of carbonyl (C=O) groups excluding carboxylic acids is 1. The van der Waals surface area contributed by atoms with Gasteiger partial charge in [0.05, 0.1) is 6.10 Å². The molecule has 0 radical (unpaired) electrons. The molecule has 0 aromatic heterocycles. The van der Waals surface area contributed by atoms with Crippen molar-refractivity contribution in [2.24, 2.45) is 5.92 Å². The fraction of sp³-hybridized carbons (Fsp3) is 0.562. The predicted octanol–water partition coefficient (Wildman–Crippen LogP) is 2.70. The van der Waals surface area contributed by atoms with Gasteiger partial charge < -0.3 is 10.4 Å². The van der Waals surface area contributed by atoms with Crippen LogP contribution in [0.5, 0.6) is 0 Å². The first-order valence-electron chi connectivity index (χ1n) is 7.00. The molecule has 0 heterocycles. The summed E-state index contributed by atoms with van der Waals surface area (Å²) in [6, 6.07) is 10.2. The second-order valence-electron chi connectivity index (χ2n) is 5.47. The van der Waals surface area contributed by atoms with Crippen LogP contribution in [0.1, 0.15) is 45.1 Å². The van der Waals surface area contributed by atoms with Crippen molar-refractivity contribution in [3.05, 3.63) is 35.9 Å². The van der Waals surface area contributed by atoms with Gasteiger partial charge in [0, 0.05) is 13.0 Å². The van der Waals surface area contributed by atoms with Crippen LogP contribution < -0.4 is 5.32 Å². The Bertz CT molecular complexity index is 376. The summed E-state index contributed by atoms with van der Waals surface area (Å²) >= 11 is 0. The molecule has 0 aliphatic carbocycles. The lowest BCUT2D eigenvalue weighted by molar-refractivity contribution is -0.121. The molecule has 2 atom stereocenters. The molecule has 2 N–H and O–H groups in total. The number of benzene rings is 1. The summed E-state index contributed by atoms with van der Waals surface area (Å²) in [5, 5.41) is 12.4. The number of carbonyl (C=O) groups is 1.